The standard InChI is InChI=1S/C21H25N2O2/c1-6-7-9-16-14(2)12-15(3)23-13-18(22-21(16)23)17-10-8-11-19(24-4)20(17)25-5/h8,10-12H,6-7,9H2,1-5H3. The molecule has 0 bridgehead atoms. The van der Waals surface area contributed by atoms with Gasteiger partial charge in [0.25, 0.3) is 0 Å². The molecule has 3 aromatic rings. The van der Waals surface area contributed by atoms with E-state index < -0.39 is 0 Å². The van der Waals surface area contributed by atoms with Crippen LogP contribution in [0, 0.1) is 20.0 Å². The van der Waals surface area contributed by atoms with Gasteiger partial charge in [-0.1, -0.05) is 19.4 Å². The summed E-state index contributed by atoms with van der Waals surface area (Å²) in [7, 11) is 3.30. The van der Waals surface area contributed by atoms with Crippen molar-refractivity contribution in [1.29, 1.82) is 0 Å². The molecule has 1 aromatic carbocycles. The Morgan fingerprint density at radius 3 is 2.64 bits per heavy atom. The molecule has 0 aliphatic heterocycles. The first-order valence-corrected chi connectivity index (χ1v) is 8.72. The molecule has 0 aliphatic rings. The molecular formula is C21H25N2O2. The van der Waals surface area contributed by atoms with Gasteiger partial charge in [-0.25, -0.2) is 4.98 Å². The molecule has 0 aliphatic carbocycles. The lowest BCUT2D eigenvalue weighted by atomic mass is 10.0. The van der Waals surface area contributed by atoms with Crippen LogP contribution in [0.2, 0.25) is 0 Å². The van der Waals surface area contributed by atoms with Gasteiger partial charge in [0, 0.05) is 11.3 Å². The third-order valence-corrected chi connectivity index (χ3v) is 4.61. The molecule has 0 saturated heterocycles. The summed E-state index contributed by atoms with van der Waals surface area (Å²) in [5.41, 5.74) is 6.39. The minimum atomic E-state index is 0.689. The monoisotopic (exact) mass is 337 g/mol. The summed E-state index contributed by atoms with van der Waals surface area (Å²) in [4.78, 5) is 4.91. The van der Waals surface area contributed by atoms with Gasteiger partial charge in [-0.15, -0.1) is 0 Å². The van der Waals surface area contributed by atoms with Gasteiger partial charge in [0.05, 0.1) is 14.2 Å². The molecule has 2 aromatic heterocycles. The number of rotatable bonds is 6. The lowest BCUT2D eigenvalue weighted by Crippen LogP contribution is -1.99. The number of nitrogens with zero attached hydrogens (tertiary/aromatic N) is 2. The molecule has 0 atom stereocenters. The highest BCUT2D eigenvalue weighted by Crippen LogP contribution is 2.37. The fraction of sp³-hybridized carbons (Fsp3) is 0.381. The maximum absolute atomic E-state index is 5.57. The van der Waals surface area contributed by atoms with Gasteiger partial charge in [-0.05, 0) is 56.0 Å². The molecule has 4 nitrogen and oxygen atoms in total. The van der Waals surface area contributed by atoms with E-state index in [0.717, 1.165) is 35.4 Å². The number of aryl methyl sites for hydroxylation is 3. The van der Waals surface area contributed by atoms with Crippen molar-refractivity contribution in [1.82, 2.24) is 9.38 Å². The molecule has 0 N–H and O–H groups in total. The second kappa shape index (κ2) is 7.18. The Bertz CT molecular complexity index is 897. The maximum Gasteiger partial charge on any atom is 0.170 e. The second-order valence-corrected chi connectivity index (χ2v) is 6.32. The van der Waals surface area contributed by atoms with E-state index in [9.17, 15) is 0 Å². The quantitative estimate of drug-likeness (QED) is 0.649. The molecule has 0 fully saturated rings. The van der Waals surface area contributed by atoms with Crippen molar-refractivity contribution >= 4 is 5.65 Å². The summed E-state index contributed by atoms with van der Waals surface area (Å²) in [6, 6.07) is 8.04. The van der Waals surface area contributed by atoms with Crippen LogP contribution >= 0.6 is 0 Å². The number of methoxy groups -OCH3 is 2. The normalized spacial score (nSPS) is 11.1. The van der Waals surface area contributed by atoms with Crippen molar-refractivity contribution in [2.75, 3.05) is 14.2 Å². The number of benzene rings is 1. The Kier molecular flexibility index (Phi) is 4.98. The number of aromatic nitrogens is 2. The van der Waals surface area contributed by atoms with Crippen LogP contribution in [0.1, 0.15) is 36.6 Å². The zero-order valence-electron chi connectivity index (χ0n) is 15.6. The number of para-hydroxylation sites is 1. The van der Waals surface area contributed by atoms with Crippen molar-refractivity contribution in [2.24, 2.45) is 0 Å². The SMILES string of the molecule is CCCCc1c(C)cc(C)n2[c]c(-c3cccc(OC)c3OC)nc12. The predicted octanol–water partition coefficient (Wildman–Crippen LogP) is 4.78. The topological polar surface area (TPSA) is 35.8 Å². The van der Waals surface area contributed by atoms with Crippen LogP contribution in [0.25, 0.3) is 16.9 Å². The van der Waals surface area contributed by atoms with E-state index in [4.69, 9.17) is 14.5 Å². The summed E-state index contributed by atoms with van der Waals surface area (Å²) >= 11 is 0. The Hall–Kier alpha value is -2.49. The zero-order chi connectivity index (χ0) is 18.0. The van der Waals surface area contributed by atoms with Crippen LogP contribution in [-0.2, 0) is 6.42 Å². The second-order valence-electron chi connectivity index (χ2n) is 6.32. The third-order valence-electron chi connectivity index (χ3n) is 4.61. The molecule has 0 unspecified atom stereocenters. The molecule has 3 rings (SSSR count). The van der Waals surface area contributed by atoms with Gasteiger partial charge in [-0.2, -0.15) is 0 Å². The Labute approximate surface area is 149 Å². The largest absolute Gasteiger partial charge is 0.493 e. The fourth-order valence-electron chi connectivity index (χ4n) is 3.30. The van der Waals surface area contributed by atoms with E-state index in [-0.39, 0.29) is 0 Å². The number of hydrogen-bond donors (Lipinski definition) is 0. The molecule has 25 heavy (non-hydrogen) atoms. The molecule has 0 spiro atoms. The number of pyridine rings is 1. The summed E-state index contributed by atoms with van der Waals surface area (Å²) in [6.45, 7) is 6.47. The van der Waals surface area contributed by atoms with Crippen molar-refractivity contribution in [3.8, 4) is 22.8 Å². The van der Waals surface area contributed by atoms with Crippen LogP contribution in [-0.4, -0.2) is 23.6 Å². The Balaban J connectivity index is 2.21. The van der Waals surface area contributed by atoms with Crippen molar-refractivity contribution in [3.05, 3.63) is 47.3 Å². The van der Waals surface area contributed by atoms with Crippen LogP contribution in [0.4, 0.5) is 0 Å². The van der Waals surface area contributed by atoms with Crippen LogP contribution in [0.5, 0.6) is 11.5 Å². The van der Waals surface area contributed by atoms with Gasteiger partial charge < -0.3 is 9.47 Å². The lowest BCUT2D eigenvalue weighted by molar-refractivity contribution is 0.356. The van der Waals surface area contributed by atoms with Gasteiger partial charge in [-0.3, -0.25) is 4.40 Å². The highest BCUT2D eigenvalue weighted by Gasteiger charge is 2.17. The summed E-state index contributed by atoms with van der Waals surface area (Å²) in [5, 5.41) is 0. The van der Waals surface area contributed by atoms with Crippen LogP contribution in [0.15, 0.2) is 24.3 Å². The minimum Gasteiger partial charge on any atom is -0.493 e. The summed E-state index contributed by atoms with van der Waals surface area (Å²) < 4.78 is 13.1. The molecule has 1 radical (unpaired) electrons. The van der Waals surface area contributed by atoms with Gasteiger partial charge in [0.2, 0.25) is 0 Å². The summed E-state index contributed by atoms with van der Waals surface area (Å²) in [5.74, 6) is 1.39. The zero-order valence-corrected chi connectivity index (χ0v) is 15.6. The lowest BCUT2D eigenvalue weighted by Gasteiger charge is -2.10. The molecule has 4 heteroatoms. The smallest absolute Gasteiger partial charge is 0.170 e. The maximum atomic E-state index is 5.57. The van der Waals surface area contributed by atoms with E-state index in [1.165, 1.54) is 17.5 Å². The van der Waals surface area contributed by atoms with E-state index in [1.807, 2.05) is 18.2 Å². The summed E-state index contributed by atoms with van der Waals surface area (Å²) in [6.07, 6.45) is 6.78. The van der Waals surface area contributed by atoms with E-state index in [1.54, 1.807) is 14.2 Å². The number of imidazole rings is 1. The van der Waals surface area contributed by atoms with Crippen molar-refractivity contribution in [2.45, 2.75) is 40.0 Å². The third kappa shape index (κ3) is 3.09. The average molecular weight is 337 g/mol. The minimum absolute atomic E-state index is 0.689. The van der Waals surface area contributed by atoms with Crippen molar-refractivity contribution in [3.63, 3.8) is 0 Å². The molecule has 131 valence electrons. The first kappa shape index (κ1) is 17.3. The van der Waals surface area contributed by atoms with Gasteiger partial charge >= 0.3 is 0 Å². The molecular weight excluding hydrogens is 312 g/mol. The average Bonchev–Trinajstić information content (AvgIpc) is 3.06. The van der Waals surface area contributed by atoms with Gasteiger partial charge in [0.15, 0.2) is 11.5 Å². The first-order chi connectivity index (χ1) is 12.1. The van der Waals surface area contributed by atoms with E-state index in [2.05, 4.69) is 37.4 Å². The Morgan fingerprint density at radius 1 is 1.16 bits per heavy atom. The number of unbranched alkanes of at least 4 members (excludes halogenated alkanes) is 1. The number of hydrogen-bond acceptors (Lipinski definition) is 3. The Morgan fingerprint density at radius 2 is 1.96 bits per heavy atom. The predicted molar refractivity (Wildman–Crippen MR) is 101 cm³/mol. The number of fused-ring (bicyclic) bond motifs is 1. The molecule has 0 saturated carbocycles. The highest BCUT2D eigenvalue weighted by atomic mass is 16.5. The fourth-order valence-corrected chi connectivity index (χ4v) is 3.30. The van der Waals surface area contributed by atoms with E-state index >= 15 is 0 Å². The number of ether oxygens (including phenoxy) is 2. The molecule has 2 heterocycles. The van der Waals surface area contributed by atoms with Crippen LogP contribution < -0.4 is 9.47 Å². The molecule has 0 amide bonds. The van der Waals surface area contributed by atoms with Crippen molar-refractivity contribution < 1.29 is 9.47 Å². The highest BCUT2D eigenvalue weighted by molar-refractivity contribution is 5.73. The van der Waals surface area contributed by atoms with Crippen LogP contribution in [0.3, 0.4) is 0 Å². The van der Waals surface area contributed by atoms with E-state index in [0.29, 0.717) is 11.5 Å². The first-order valence-electron chi connectivity index (χ1n) is 8.72. The van der Waals surface area contributed by atoms with Gasteiger partial charge in [0.1, 0.15) is 17.5 Å².